The predicted octanol–water partition coefficient (Wildman–Crippen LogP) is 2.36. The number of hydrogen-bond donors (Lipinski definition) is 0. The molecular weight excluding hydrogens is 308 g/mol. The average molecular weight is 323 g/mol. The highest BCUT2D eigenvalue weighted by molar-refractivity contribution is 7.09. The molecule has 1 fully saturated rings. The summed E-state index contributed by atoms with van der Waals surface area (Å²) < 4.78 is 27.5. The molecule has 0 atom stereocenters. The summed E-state index contributed by atoms with van der Waals surface area (Å²) >= 11 is 1.35. The Morgan fingerprint density at radius 2 is 2.00 bits per heavy atom. The number of benzene rings is 1. The Hall–Kier alpha value is -1.86. The second-order valence-corrected chi connectivity index (χ2v) is 6.19. The molecule has 1 saturated heterocycles. The van der Waals surface area contributed by atoms with Crippen LogP contribution in [0, 0.1) is 11.6 Å². The average Bonchev–Trinajstić information content (AvgIpc) is 2.91. The standard InChI is InChI=1S/C15H15F2N3OS/c1-19-5-6-20(8-14(19)21)7-13-18-12(9-22-13)15-10(16)3-2-4-11(15)17/h2-4,9H,5-8H2,1H3. The Labute approximate surface area is 131 Å². The third-order valence-corrected chi connectivity index (χ3v) is 4.50. The van der Waals surface area contributed by atoms with Gasteiger partial charge in [0.25, 0.3) is 0 Å². The molecule has 1 amide bonds. The first-order valence-electron chi connectivity index (χ1n) is 6.89. The zero-order valence-electron chi connectivity index (χ0n) is 12.1. The molecule has 1 aromatic carbocycles. The minimum atomic E-state index is -0.619. The Kier molecular flexibility index (Phi) is 4.17. The highest BCUT2D eigenvalue weighted by Gasteiger charge is 2.22. The van der Waals surface area contributed by atoms with Crippen LogP contribution in [0.2, 0.25) is 0 Å². The van der Waals surface area contributed by atoms with Crippen molar-refractivity contribution in [2.24, 2.45) is 0 Å². The minimum absolute atomic E-state index is 0.0724. The second kappa shape index (κ2) is 6.10. The molecule has 22 heavy (non-hydrogen) atoms. The molecule has 7 heteroatoms. The number of rotatable bonds is 3. The van der Waals surface area contributed by atoms with Crippen LogP contribution in [0.25, 0.3) is 11.3 Å². The predicted molar refractivity (Wildman–Crippen MR) is 80.4 cm³/mol. The van der Waals surface area contributed by atoms with E-state index < -0.39 is 11.6 Å². The number of aromatic nitrogens is 1. The molecule has 1 aromatic heterocycles. The third-order valence-electron chi connectivity index (χ3n) is 3.67. The molecule has 0 bridgehead atoms. The van der Waals surface area contributed by atoms with Gasteiger partial charge in [-0.3, -0.25) is 9.69 Å². The monoisotopic (exact) mass is 323 g/mol. The van der Waals surface area contributed by atoms with Crippen LogP contribution in [0.1, 0.15) is 5.01 Å². The minimum Gasteiger partial charge on any atom is -0.343 e. The van der Waals surface area contributed by atoms with Crippen LogP contribution < -0.4 is 0 Å². The van der Waals surface area contributed by atoms with E-state index in [0.717, 1.165) is 11.6 Å². The lowest BCUT2D eigenvalue weighted by atomic mass is 10.1. The summed E-state index contributed by atoms with van der Waals surface area (Å²) in [4.78, 5) is 19.7. The summed E-state index contributed by atoms with van der Waals surface area (Å²) in [5.41, 5.74) is 0.204. The fourth-order valence-corrected chi connectivity index (χ4v) is 3.20. The third kappa shape index (κ3) is 3.00. The first-order chi connectivity index (χ1) is 10.5. The lowest BCUT2D eigenvalue weighted by molar-refractivity contribution is -0.134. The second-order valence-electron chi connectivity index (χ2n) is 5.25. The molecule has 0 N–H and O–H groups in total. The van der Waals surface area contributed by atoms with Crippen molar-refractivity contribution in [1.29, 1.82) is 0 Å². The molecule has 0 aliphatic carbocycles. The number of likely N-dealkylation sites (N-methyl/N-ethyl adjacent to an activating group) is 1. The molecule has 1 aliphatic heterocycles. The molecule has 0 radical (unpaired) electrons. The van der Waals surface area contributed by atoms with Crippen LogP contribution >= 0.6 is 11.3 Å². The highest BCUT2D eigenvalue weighted by atomic mass is 32.1. The maximum absolute atomic E-state index is 13.8. The molecule has 1 aliphatic rings. The molecule has 4 nitrogen and oxygen atoms in total. The maximum atomic E-state index is 13.8. The maximum Gasteiger partial charge on any atom is 0.236 e. The Morgan fingerprint density at radius 1 is 1.27 bits per heavy atom. The van der Waals surface area contributed by atoms with Crippen molar-refractivity contribution in [3.63, 3.8) is 0 Å². The summed E-state index contributed by atoms with van der Waals surface area (Å²) in [6.07, 6.45) is 0. The Balaban J connectivity index is 1.76. The highest BCUT2D eigenvalue weighted by Crippen LogP contribution is 2.27. The Morgan fingerprint density at radius 3 is 2.68 bits per heavy atom. The summed E-state index contributed by atoms with van der Waals surface area (Å²) in [6.45, 7) is 2.31. The lowest BCUT2D eigenvalue weighted by Crippen LogP contribution is -2.47. The van der Waals surface area contributed by atoms with E-state index >= 15 is 0 Å². The van der Waals surface area contributed by atoms with Crippen molar-refractivity contribution in [3.05, 3.63) is 40.2 Å². The van der Waals surface area contributed by atoms with Gasteiger partial charge in [-0.1, -0.05) is 6.07 Å². The van der Waals surface area contributed by atoms with Crippen molar-refractivity contribution >= 4 is 17.2 Å². The van der Waals surface area contributed by atoms with Gasteiger partial charge in [-0.05, 0) is 12.1 Å². The number of nitrogens with zero attached hydrogens (tertiary/aromatic N) is 3. The smallest absolute Gasteiger partial charge is 0.236 e. The zero-order valence-corrected chi connectivity index (χ0v) is 12.9. The van der Waals surface area contributed by atoms with E-state index in [0.29, 0.717) is 25.3 Å². The first-order valence-corrected chi connectivity index (χ1v) is 7.77. The summed E-state index contributed by atoms with van der Waals surface area (Å²) in [7, 11) is 1.78. The van der Waals surface area contributed by atoms with Crippen LogP contribution in [0.3, 0.4) is 0 Å². The van der Waals surface area contributed by atoms with Gasteiger partial charge in [0.1, 0.15) is 16.6 Å². The van der Waals surface area contributed by atoms with E-state index in [9.17, 15) is 13.6 Å². The SMILES string of the molecule is CN1CCN(Cc2nc(-c3c(F)cccc3F)cs2)CC1=O. The van der Waals surface area contributed by atoms with Crippen molar-refractivity contribution in [2.45, 2.75) is 6.54 Å². The summed E-state index contributed by atoms with van der Waals surface area (Å²) in [5, 5.41) is 2.39. The number of thiazole rings is 1. The van der Waals surface area contributed by atoms with Crippen molar-refractivity contribution in [3.8, 4) is 11.3 Å². The van der Waals surface area contributed by atoms with E-state index in [1.807, 2.05) is 4.90 Å². The van der Waals surface area contributed by atoms with Gasteiger partial charge < -0.3 is 4.90 Å². The van der Waals surface area contributed by atoms with Gasteiger partial charge in [0.05, 0.1) is 24.3 Å². The van der Waals surface area contributed by atoms with Crippen molar-refractivity contribution in [2.75, 3.05) is 26.7 Å². The van der Waals surface area contributed by atoms with E-state index in [1.54, 1.807) is 17.3 Å². The quantitative estimate of drug-likeness (QED) is 0.870. The normalized spacial score (nSPS) is 16.3. The van der Waals surface area contributed by atoms with Gasteiger partial charge in [-0.25, -0.2) is 13.8 Å². The number of carbonyl (C=O) groups is 1. The molecule has 2 aromatic rings. The number of amides is 1. The van der Waals surface area contributed by atoms with Crippen molar-refractivity contribution < 1.29 is 13.6 Å². The van der Waals surface area contributed by atoms with Crippen LogP contribution in [-0.4, -0.2) is 47.4 Å². The number of piperazine rings is 1. The Bertz CT molecular complexity index is 684. The number of carbonyl (C=O) groups excluding carboxylic acids is 1. The van der Waals surface area contributed by atoms with E-state index in [-0.39, 0.29) is 11.5 Å². The molecule has 116 valence electrons. The molecule has 2 heterocycles. The summed E-state index contributed by atoms with van der Waals surface area (Å²) in [6, 6.07) is 3.77. The van der Waals surface area contributed by atoms with Crippen molar-refractivity contribution in [1.82, 2.24) is 14.8 Å². The van der Waals surface area contributed by atoms with Gasteiger partial charge in [0.2, 0.25) is 5.91 Å². The topological polar surface area (TPSA) is 36.4 Å². The number of halogens is 2. The summed E-state index contributed by atoms with van der Waals surface area (Å²) in [5.74, 6) is -1.17. The first kappa shape index (κ1) is 15.1. The van der Waals surface area contributed by atoms with Crippen LogP contribution in [-0.2, 0) is 11.3 Å². The molecule has 3 rings (SSSR count). The molecular formula is C15H15F2N3OS. The van der Waals surface area contributed by atoms with E-state index in [2.05, 4.69) is 4.98 Å². The van der Waals surface area contributed by atoms with Gasteiger partial charge in [0, 0.05) is 25.5 Å². The van der Waals surface area contributed by atoms with E-state index in [4.69, 9.17) is 0 Å². The lowest BCUT2D eigenvalue weighted by Gasteiger charge is -2.31. The molecule has 0 saturated carbocycles. The zero-order chi connectivity index (χ0) is 15.7. The largest absolute Gasteiger partial charge is 0.343 e. The van der Waals surface area contributed by atoms with Crippen LogP contribution in [0.4, 0.5) is 8.78 Å². The van der Waals surface area contributed by atoms with Gasteiger partial charge in [0.15, 0.2) is 0 Å². The van der Waals surface area contributed by atoms with Gasteiger partial charge >= 0.3 is 0 Å². The fourth-order valence-electron chi connectivity index (χ4n) is 2.37. The van der Waals surface area contributed by atoms with Crippen LogP contribution in [0.15, 0.2) is 23.6 Å². The van der Waals surface area contributed by atoms with Crippen LogP contribution in [0.5, 0.6) is 0 Å². The van der Waals surface area contributed by atoms with Gasteiger partial charge in [-0.15, -0.1) is 11.3 Å². The van der Waals surface area contributed by atoms with Gasteiger partial charge in [-0.2, -0.15) is 0 Å². The van der Waals surface area contributed by atoms with E-state index in [1.165, 1.54) is 29.5 Å². The fraction of sp³-hybridized carbons (Fsp3) is 0.333. The molecule has 0 spiro atoms. The molecule has 0 unspecified atom stereocenters. The number of hydrogen-bond acceptors (Lipinski definition) is 4.